The lowest BCUT2D eigenvalue weighted by atomic mass is 10.2. The molecule has 2 aromatic carbocycles. The standard InChI is InChI=1S/C15H10BrN3O3S/c1-18-12-8-9(19(21)22)6-7-13(12)23-15(18)17-14(20)10-4-2-3-5-11(10)16/h2-8H,1H3. The summed E-state index contributed by atoms with van der Waals surface area (Å²) in [7, 11) is 1.73. The van der Waals surface area contributed by atoms with Crippen LogP contribution in [0.2, 0.25) is 0 Å². The van der Waals surface area contributed by atoms with Crippen LogP contribution >= 0.6 is 27.3 Å². The number of aryl methyl sites for hydroxylation is 1. The summed E-state index contributed by atoms with van der Waals surface area (Å²) in [5, 5.41) is 10.9. The first-order valence-corrected chi connectivity index (χ1v) is 8.16. The van der Waals surface area contributed by atoms with Crippen LogP contribution in [-0.2, 0) is 7.05 Å². The number of carbonyl (C=O) groups is 1. The molecule has 8 heteroatoms. The summed E-state index contributed by atoms with van der Waals surface area (Å²) < 4.78 is 3.19. The normalized spacial score (nSPS) is 11.8. The van der Waals surface area contributed by atoms with Crippen molar-refractivity contribution in [2.24, 2.45) is 12.0 Å². The number of carbonyl (C=O) groups excluding carboxylic acids is 1. The maximum Gasteiger partial charge on any atom is 0.280 e. The van der Waals surface area contributed by atoms with Crippen LogP contribution in [0, 0.1) is 10.1 Å². The Morgan fingerprint density at radius 3 is 2.74 bits per heavy atom. The van der Waals surface area contributed by atoms with Gasteiger partial charge in [-0.25, -0.2) is 0 Å². The van der Waals surface area contributed by atoms with Crippen molar-refractivity contribution in [3.8, 4) is 0 Å². The van der Waals surface area contributed by atoms with Crippen LogP contribution in [0.3, 0.4) is 0 Å². The van der Waals surface area contributed by atoms with Gasteiger partial charge in [0.05, 0.1) is 20.7 Å². The van der Waals surface area contributed by atoms with E-state index in [1.54, 1.807) is 35.9 Å². The maximum atomic E-state index is 12.3. The molecule has 0 aliphatic heterocycles. The number of nitro groups is 1. The van der Waals surface area contributed by atoms with Crippen LogP contribution < -0.4 is 4.80 Å². The summed E-state index contributed by atoms with van der Waals surface area (Å²) >= 11 is 4.64. The number of fused-ring (bicyclic) bond motifs is 1. The van der Waals surface area contributed by atoms with Crippen LogP contribution in [0.1, 0.15) is 10.4 Å². The highest BCUT2D eigenvalue weighted by Gasteiger charge is 2.12. The Bertz CT molecular complexity index is 1010. The first-order chi connectivity index (χ1) is 11.0. The van der Waals surface area contributed by atoms with Crippen molar-refractivity contribution in [3.63, 3.8) is 0 Å². The smallest absolute Gasteiger partial charge is 0.280 e. The van der Waals surface area contributed by atoms with Gasteiger partial charge in [0.15, 0.2) is 4.80 Å². The summed E-state index contributed by atoms with van der Waals surface area (Å²) in [4.78, 5) is 27.4. The number of hydrogen-bond acceptors (Lipinski definition) is 4. The molecule has 0 aliphatic rings. The van der Waals surface area contributed by atoms with Crippen molar-refractivity contribution in [1.29, 1.82) is 0 Å². The molecule has 0 saturated carbocycles. The fourth-order valence-electron chi connectivity index (χ4n) is 2.12. The average Bonchev–Trinajstić information content (AvgIpc) is 2.83. The minimum atomic E-state index is -0.444. The second-order valence-corrected chi connectivity index (χ2v) is 6.61. The van der Waals surface area contributed by atoms with Gasteiger partial charge >= 0.3 is 0 Å². The molecule has 0 bridgehead atoms. The second kappa shape index (κ2) is 6.05. The van der Waals surface area contributed by atoms with E-state index >= 15 is 0 Å². The van der Waals surface area contributed by atoms with E-state index in [0.717, 1.165) is 4.70 Å². The Morgan fingerprint density at radius 2 is 2.04 bits per heavy atom. The third-order valence-corrected chi connectivity index (χ3v) is 5.11. The number of thiazole rings is 1. The van der Waals surface area contributed by atoms with Crippen LogP contribution in [0.15, 0.2) is 51.9 Å². The number of non-ortho nitro benzene ring substituents is 1. The Hall–Kier alpha value is -2.32. The summed E-state index contributed by atoms with van der Waals surface area (Å²) in [6, 6.07) is 11.6. The van der Waals surface area contributed by atoms with E-state index in [1.165, 1.54) is 23.5 Å². The van der Waals surface area contributed by atoms with Gasteiger partial charge in [0.1, 0.15) is 0 Å². The molecule has 0 N–H and O–H groups in total. The zero-order valence-corrected chi connectivity index (χ0v) is 14.3. The monoisotopic (exact) mass is 391 g/mol. The summed E-state index contributed by atoms with van der Waals surface area (Å²) in [6.45, 7) is 0. The first kappa shape index (κ1) is 15.6. The Morgan fingerprint density at radius 1 is 1.30 bits per heavy atom. The number of nitro benzene ring substituents is 1. The fraction of sp³-hybridized carbons (Fsp3) is 0.0667. The van der Waals surface area contributed by atoms with Gasteiger partial charge in [0, 0.05) is 23.7 Å². The van der Waals surface area contributed by atoms with Gasteiger partial charge in [-0.15, -0.1) is 0 Å². The zero-order chi connectivity index (χ0) is 16.6. The van der Waals surface area contributed by atoms with Crippen LogP contribution in [-0.4, -0.2) is 15.4 Å². The molecule has 0 saturated heterocycles. The zero-order valence-electron chi connectivity index (χ0n) is 11.9. The molecule has 0 aliphatic carbocycles. The van der Waals surface area contributed by atoms with Crippen molar-refractivity contribution >= 4 is 49.1 Å². The third-order valence-electron chi connectivity index (χ3n) is 3.30. The highest BCUT2D eigenvalue weighted by atomic mass is 79.9. The predicted molar refractivity (Wildman–Crippen MR) is 91.5 cm³/mol. The molecular formula is C15H10BrN3O3S. The molecule has 0 unspecified atom stereocenters. The molecule has 6 nitrogen and oxygen atoms in total. The number of nitrogens with zero attached hydrogens (tertiary/aromatic N) is 3. The van der Waals surface area contributed by atoms with Gasteiger partial charge in [0.25, 0.3) is 11.6 Å². The van der Waals surface area contributed by atoms with Crippen LogP contribution in [0.4, 0.5) is 5.69 Å². The highest BCUT2D eigenvalue weighted by molar-refractivity contribution is 9.10. The van der Waals surface area contributed by atoms with Gasteiger partial charge in [0.2, 0.25) is 0 Å². The average molecular weight is 392 g/mol. The Kier molecular flexibility index (Phi) is 4.10. The fourth-order valence-corrected chi connectivity index (χ4v) is 3.57. The molecule has 3 aromatic rings. The van der Waals surface area contributed by atoms with E-state index < -0.39 is 4.92 Å². The van der Waals surface area contributed by atoms with Crippen LogP contribution in [0.5, 0.6) is 0 Å². The number of benzene rings is 2. The van der Waals surface area contributed by atoms with E-state index in [0.29, 0.717) is 20.4 Å². The molecule has 3 rings (SSSR count). The molecule has 0 spiro atoms. The van der Waals surface area contributed by atoms with Crippen molar-refractivity contribution < 1.29 is 9.72 Å². The molecule has 0 fully saturated rings. The summed E-state index contributed by atoms with van der Waals surface area (Å²) in [6.07, 6.45) is 0. The molecule has 1 amide bonds. The van der Waals surface area contributed by atoms with Crippen molar-refractivity contribution in [2.45, 2.75) is 0 Å². The lowest BCUT2D eigenvalue weighted by molar-refractivity contribution is -0.384. The lowest BCUT2D eigenvalue weighted by Crippen LogP contribution is -2.13. The quantitative estimate of drug-likeness (QED) is 0.493. The molecule has 116 valence electrons. The SMILES string of the molecule is Cn1c(=NC(=O)c2ccccc2Br)sc2ccc([N+](=O)[O-])cc21. The number of aromatic nitrogens is 1. The largest absolute Gasteiger partial charge is 0.319 e. The molecule has 1 heterocycles. The molecule has 1 aromatic heterocycles. The molecule has 0 radical (unpaired) electrons. The van der Waals surface area contributed by atoms with E-state index in [2.05, 4.69) is 20.9 Å². The van der Waals surface area contributed by atoms with Crippen molar-refractivity contribution in [1.82, 2.24) is 4.57 Å². The summed E-state index contributed by atoms with van der Waals surface area (Å²) in [5.41, 5.74) is 1.15. The Labute approximate surface area is 143 Å². The van der Waals surface area contributed by atoms with E-state index in [-0.39, 0.29) is 11.6 Å². The van der Waals surface area contributed by atoms with Gasteiger partial charge in [-0.3, -0.25) is 14.9 Å². The van der Waals surface area contributed by atoms with Gasteiger partial charge in [-0.05, 0) is 34.1 Å². The number of halogens is 1. The topological polar surface area (TPSA) is 77.5 Å². The maximum absolute atomic E-state index is 12.3. The van der Waals surface area contributed by atoms with E-state index in [1.807, 2.05) is 6.07 Å². The number of rotatable bonds is 2. The lowest BCUT2D eigenvalue weighted by Gasteiger charge is -1.98. The van der Waals surface area contributed by atoms with Crippen molar-refractivity contribution in [3.05, 3.63) is 67.4 Å². The third kappa shape index (κ3) is 2.95. The molecule has 23 heavy (non-hydrogen) atoms. The predicted octanol–water partition coefficient (Wildman–Crippen LogP) is 3.65. The first-order valence-electron chi connectivity index (χ1n) is 6.55. The molecule has 0 atom stereocenters. The van der Waals surface area contributed by atoms with Crippen molar-refractivity contribution in [2.75, 3.05) is 0 Å². The second-order valence-electron chi connectivity index (χ2n) is 4.75. The van der Waals surface area contributed by atoms with E-state index in [4.69, 9.17) is 0 Å². The van der Waals surface area contributed by atoms with Crippen LogP contribution in [0.25, 0.3) is 10.2 Å². The minimum absolute atomic E-state index is 0.00887. The molecular weight excluding hydrogens is 382 g/mol. The minimum Gasteiger partial charge on any atom is -0.319 e. The van der Waals surface area contributed by atoms with Gasteiger partial charge in [-0.1, -0.05) is 23.5 Å². The van der Waals surface area contributed by atoms with E-state index in [9.17, 15) is 14.9 Å². The Balaban J connectivity index is 2.13. The highest BCUT2D eigenvalue weighted by Crippen LogP contribution is 2.22. The van der Waals surface area contributed by atoms with Gasteiger partial charge < -0.3 is 4.57 Å². The van der Waals surface area contributed by atoms with Gasteiger partial charge in [-0.2, -0.15) is 4.99 Å². The summed E-state index contributed by atoms with van der Waals surface area (Å²) in [5.74, 6) is -0.367. The number of hydrogen-bond donors (Lipinski definition) is 0. The number of amides is 1.